The van der Waals surface area contributed by atoms with E-state index in [-0.39, 0.29) is 16.8 Å². The third kappa shape index (κ3) is 4.77. The minimum Gasteiger partial charge on any atom is -0.324 e. The van der Waals surface area contributed by atoms with Crippen molar-refractivity contribution < 1.29 is 13.2 Å². The summed E-state index contributed by atoms with van der Waals surface area (Å²) >= 11 is 4.60. The standard InChI is InChI=1S/C22H25BrN4O4S2/c1-13-6-8-27(9-7-13)33(30,31)20-15(3)32-21-19(20)22(29)26(12-24-21)11-18(28)25-17-5-4-14(2)10-16(17)23/h4-5,10,12-13H,6-9,11H2,1-3H3,(H,25,28). The normalized spacial score (nSPS) is 15.8. The van der Waals surface area contributed by atoms with Gasteiger partial charge in [-0.15, -0.1) is 11.3 Å². The van der Waals surface area contributed by atoms with Gasteiger partial charge in [-0.25, -0.2) is 13.4 Å². The van der Waals surface area contributed by atoms with Crippen LogP contribution in [0.5, 0.6) is 0 Å². The van der Waals surface area contributed by atoms with Gasteiger partial charge in [0.1, 0.15) is 16.3 Å². The molecular weight excluding hydrogens is 528 g/mol. The Morgan fingerprint density at radius 1 is 1.27 bits per heavy atom. The van der Waals surface area contributed by atoms with E-state index in [0.29, 0.717) is 34.4 Å². The number of sulfonamides is 1. The van der Waals surface area contributed by atoms with Crippen LogP contribution < -0.4 is 10.9 Å². The van der Waals surface area contributed by atoms with E-state index in [4.69, 9.17) is 0 Å². The molecule has 3 heterocycles. The summed E-state index contributed by atoms with van der Waals surface area (Å²) in [7, 11) is -3.84. The SMILES string of the molecule is Cc1ccc(NC(=O)Cn2cnc3sc(C)c(S(=O)(=O)N4CCC(C)CC4)c3c2=O)c(Br)c1. The largest absolute Gasteiger partial charge is 0.324 e. The molecule has 0 radical (unpaired) electrons. The molecule has 2 aromatic heterocycles. The fourth-order valence-electron chi connectivity index (χ4n) is 3.96. The van der Waals surface area contributed by atoms with Gasteiger partial charge in [0.25, 0.3) is 5.56 Å². The highest BCUT2D eigenvalue weighted by Gasteiger charge is 2.33. The number of rotatable bonds is 5. The number of aryl methyl sites for hydroxylation is 2. The zero-order valence-corrected chi connectivity index (χ0v) is 21.8. The number of hydrogen-bond acceptors (Lipinski definition) is 6. The highest BCUT2D eigenvalue weighted by atomic mass is 79.9. The summed E-state index contributed by atoms with van der Waals surface area (Å²) in [4.78, 5) is 31.1. The lowest BCUT2D eigenvalue weighted by Crippen LogP contribution is -2.38. The molecule has 0 spiro atoms. The van der Waals surface area contributed by atoms with Gasteiger partial charge < -0.3 is 5.32 Å². The maximum Gasteiger partial charge on any atom is 0.263 e. The summed E-state index contributed by atoms with van der Waals surface area (Å²) in [6.07, 6.45) is 2.87. The Labute approximate surface area is 204 Å². The second kappa shape index (κ2) is 9.28. The van der Waals surface area contributed by atoms with Crippen molar-refractivity contribution in [3.05, 3.63) is 49.8 Å². The molecule has 1 aromatic carbocycles. The highest BCUT2D eigenvalue weighted by molar-refractivity contribution is 9.10. The van der Waals surface area contributed by atoms with Gasteiger partial charge in [0.05, 0.1) is 17.4 Å². The number of hydrogen-bond donors (Lipinski definition) is 1. The average Bonchev–Trinajstić information content (AvgIpc) is 3.10. The molecule has 1 saturated heterocycles. The molecule has 3 aromatic rings. The third-order valence-electron chi connectivity index (χ3n) is 5.85. The number of amides is 1. The van der Waals surface area contributed by atoms with Gasteiger partial charge >= 0.3 is 0 Å². The molecule has 8 nitrogen and oxygen atoms in total. The fraction of sp³-hybridized carbons (Fsp3) is 0.409. The number of piperidine rings is 1. The van der Waals surface area contributed by atoms with Crippen LogP contribution in [0.3, 0.4) is 0 Å². The van der Waals surface area contributed by atoms with Crippen molar-refractivity contribution in [1.29, 1.82) is 0 Å². The maximum atomic E-state index is 13.5. The monoisotopic (exact) mass is 552 g/mol. The summed E-state index contributed by atoms with van der Waals surface area (Å²) in [6.45, 7) is 6.33. The van der Waals surface area contributed by atoms with Crippen molar-refractivity contribution in [2.24, 2.45) is 5.92 Å². The zero-order valence-electron chi connectivity index (χ0n) is 18.6. The van der Waals surface area contributed by atoms with Crippen LogP contribution in [0.1, 0.15) is 30.2 Å². The third-order valence-corrected chi connectivity index (χ3v) is 9.72. The lowest BCUT2D eigenvalue weighted by atomic mass is 10.0. The molecule has 176 valence electrons. The zero-order chi connectivity index (χ0) is 23.9. The van der Waals surface area contributed by atoms with Crippen LogP contribution in [0, 0.1) is 19.8 Å². The molecule has 1 amide bonds. The predicted molar refractivity (Wildman–Crippen MR) is 133 cm³/mol. The van der Waals surface area contributed by atoms with Gasteiger partial charge in [-0.05, 0) is 66.2 Å². The Morgan fingerprint density at radius 3 is 2.64 bits per heavy atom. The second-order valence-electron chi connectivity index (χ2n) is 8.46. The minimum atomic E-state index is -3.84. The summed E-state index contributed by atoms with van der Waals surface area (Å²) in [5.41, 5.74) is 1.09. The summed E-state index contributed by atoms with van der Waals surface area (Å²) in [5.74, 6) is 0.0620. The van der Waals surface area contributed by atoms with Crippen LogP contribution in [0.4, 0.5) is 5.69 Å². The topological polar surface area (TPSA) is 101 Å². The fourth-order valence-corrected chi connectivity index (χ4v) is 7.69. The van der Waals surface area contributed by atoms with Crippen molar-refractivity contribution in [2.45, 2.75) is 45.1 Å². The van der Waals surface area contributed by atoms with Crippen LogP contribution in [0.25, 0.3) is 10.2 Å². The smallest absolute Gasteiger partial charge is 0.263 e. The van der Waals surface area contributed by atoms with Crippen molar-refractivity contribution in [3.63, 3.8) is 0 Å². The molecule has 4 rings (SSSR count). The second-order valence-corrected chi connectivity index (χ2v) is 12.4. The highest BCUT2D eigenvalue weighted by Crippen LogP contribution is 2.34. The molecule has 0 bridgehead atoms. The first-order valence-electron chi connectivity index (χ1n) is 10.6. The number of fused-ring (bicyclic) bond motifs is 1. The number of nitrogens with one attached hydrogen (secondary N) is 1. The van der Waals surface area contributed by atoms with Crippen LogP contribution in [-0.2, 0) is 21.4 Å². The number of carbonyl (C=O) groups is 1. The number of carbonyl (C=O) groups excluding carboxylic acids is 1. The van der Waals surface area contributed by atoms with E-state index in [9.17, 15) is 18.0 Å². The van der Waals surface area contributed by atoms with Gasteiger partial charge in [0.2, 0.25) is 15.9 Å². The van der Waals surface area contributed by atoms with Gasteiger partial charge in [-0.3, -0.25) is 14.2 Å². The first kappa shape index (κ1) is 24.1. The summed E-state index contributed by atoms with van der Waals surface area (Å²) in [5, 5.41) is 2.83. The molecule has 11 heteroatoms. The molecule has 1 N–H and O–H groups in total. The van der Waals surface area contributed by atoms with Gasteiger partial charge in [-0.1, -0.05) is 13.0 Å². The number of halogens is 1. The Hall–Kier alpha value is -2.08. The number of benzene rings is 1. The molecule has 0 saturated carbocycles. The molecule has 1 aliphatic heterocycles. The van der Waals surface area contributed by atoms with Gasteiger partial charge in [0, 0.05) is 22.4 Å². The lowest BCUT2D eigenvalue weighted by Gasteiger charge is -2.29. The van der Waals surface area contributed by atoms with Crippen molar-refractivity contribution in [3.8, 4) is 0 Å². The van der Waals surface area contributed by atoms with Crippen molar-refractivity contribution in [1.82, 2.24) is 13.9 Å². The molecule has 1 aliphatic rings. The van der Waals surface area contributed by atoms with E-state index in [0.717, 1.165) is 27.4 Å². The lowest BCUT2D eigenvalue weighted by molar-refractivity contribution is -0.116. The van der Waals surface area contributed by atoms with Gasteiger partial charge in [0.15, 0.2) is 0 Å². The van der Waals surface area contributed by atoms with Gasteiger partial charge in [-0.2, -0.15) is 4.31 Å². The van der Waals surface area contributed by atoms with Crippen LogP contribution in [-0.4, -0.2) is 41.3 Å². The maximum absolute atomic E-state index is 13.5. The van der Waals surface area contributed by atoms with E-state index in [2.05, 4.69) is 33.2 Å². The van der Waals surface area contributed by atoms with Crippen molar-refractivity contribution >= 4 is 59.1 Å². The van der Waals surface area contributed by atoms with E-state index < -0.39 is 21.5 Å². The van der Waals surface area contributed by atoms with E-state index in [1.807, 2.05) is 19.1 Å². The molecule has 0 aliphatic carbocycles. The molecular formula is C22H25BrN4O4S2. The quantitative estimate of drug-likeness (QED) is 0.517. The molecule has 0 atom stereocenters. The Balaban J connectivity index is 1.67. The first-order valence-corrected chi connectivity index (χ1v) is 13.7. The summed E-state index contributed by atoms with van der Waals surface area (Å²) in [6, 6.07) is 5.52. The first-order chi connectivity index (χ1) is 15.6. The number of anilines is 1. The predicted octanol–water partition coefficient (Wildman–Crippen LogP) is 3.90. The Kier molecular flexibility index (Phi) is 6.77. The minimum absolute atomic E-state index is 0.0191. The number of nitrogens with zero attached hydrogens (tertiary/aromatic N) is 3. The molecule has 1 fully saturated rings. The van der Waals surface area contributed by atoms with E-state index >= 15 is 0 Å². The Morgan fingerprint density at radius 2 is 1.97 bits per heavy atom. The Bertz CT molecular complexity index is 1390. The van der Waals surface area contributed by atoms with E-state index in [1.165, 1.54) is 22.0 Å². The molecule has 33 heavy (non-hydrogen) atoms. The average molecular weight is 554 g/mol. The molecule has 0 unspecified atom stereocenters. The summed E-state index contributed by atoms with van der Waals surface area (Å²) < 4.78 is 30.3. The van der Waals surface area contributed by atoms with Crippen molar-refractivity contribution in [2.75, 3.05) is 18.4 Å². The van der Waals surface area contributed by atoms with Crippen LogP contribution in [0.15, 0.2) is 38.7 Å². The van der Waals surface area contributed by atoms with Crippen LogP contribution >= 0.6 is 27.3 Å². The number of aromatic nitrogens is 2. The number of thiophene rings is 1. The van der Waals surface area contributed by atoms with Crippen LogP contribution in [0.2, 0.25) is 0 Å². The van der Waals surface area contributed by atoms with E-state index in [1.54, 1.807) is 13.0 Å².